The third kappa shape index (κ3) is 3.29. The summed E-state index contributed by atoms with van der Waals surface area (Å²) >= 11 is 6.01. The Morgan fingerprint density at radius 1 is 1.21 bits per heavy atom. The van der Waals surface area contributed by atoms with Crippen molar-refractivity contribution in [1.82, 2.24) is 0 Å². The summed E-state index contributed by atoms with van der Waals surface area (Å²) in [5.74, 6) is -0.646. The van der Waals surface area contributed by atoms with Crippen molar-refractivity contribution in [3.8, 4) is 5.75 Å². The first-order valence-corrected chi connectivity index (χ1v) is 8.32. The van der Waals surface area contributed by atoms with E-state index in [4.69, 9.17) is 16.3 Å². The van der Waals surface area contributed by atoms with Crippen molar-refractivity contribution in [3.63, 3.8) is 0 Å². The van der Waals surface area contributed by atoms with E-state index in [-0.39, 0.29) is 12.3 Å². The molecule has 1 fully saturated rings. The third-order valence-electron chi connectivity index (χ3n) is 4.17. The number of halogens is 1. The summed E-state index contributed by atoms with van der Waals surface area (Å²) in [6.45, 7) is 2.38. The van der Waals surface area contributed by atoms with Gasteiger partial charge in [-0.3, -0.25) is 9.59 Å². The second-order valence-corrected chi connectivity index (χ2v) is 6.15. The fraction of sp³-hybridized carbons (Fsp3) is 0.263. The van der Waals surface area contributed by atoms with E-state index in [1.807, 2.05) is 31.2 Å². The molecule has 0 aromatic heterocycles. The molecule has 24 heavy (non-hydrogen) atoms. The SMILES string of the molecule is CCc1ccccc1N1CC(C(=O)Oc2ccccc2Cl)CC1=O. The van der Waals surface area contributed by atoms with E-state index in [9.17, 15) is 9.59 Å². The molecule has 0 spiro atoms. The monoisotopic (exact) mass is 343 g/mol. The second-order valence-electron chi connectivity index (χ2n) is 5.74. The summed E-state index contributed by atoms with van der Waals surface area (Å²) in [6, 6.07) is 14.6. The lowest BCUT2D eigenvalue weighted by atomic mass is 10.1. The molecule has 5 heteroatoms. The Bertz CT molecular complexity index is 775. The van der Waals surface area contributed by atoms with Crippen LogP contribution in [0.3, 0.4) is 0 Å². The minimum absolute atomic E-state index is 0.0583. The Balaban J connectivity index is 1.75. The highest BCUT2D eigenvalue weighted by atomic mass is 35.5. The molecule has 0 saturated carbocycles. The van der Waals surface area contributed by atoms with Gasteiger partial charge in [-0.2, -0.15) is 0 Å². The lowest BCUT2D eigenvalue weighted by Crippen LogP contribution is -2.28. The lowest BCUT2D eigenvalue weighted by Gasteiger charge is -2.19. The topological polar surface area (TPSA) is 46.6 Å². The maximum Gasteiger partial charge on any atom is 0.316 e. The Hall–Kier alpha value is -2.33. The number of rotatable bonds is 4. The number of hydrogen-bond donors (Lipinski definition) is 0. The summed E-state index contributed by atoms with van der Waals surface area (Å²) in [6.07, 6.45) is 0.982. The first-order chi connectivity index (χ1) is 11.6. The van der Waals surface area contributed by atoms with Crippen LogP contribution in [0.15, 0.2) is 48.5 Å². The van der Waals surface area contributed by atoms with Gasteiger partial charge in [-0.05, 0) is 30.2 Å². The number of esters is 1. The number of carbonyl (C=O) groups is 2. The van der Waals surface area contributed by atoms with Crippen LogP contribution in [0.1, 0.15) is 18.9 Å². The highest BCUT2D eigenvalue weighted by Gasteiger charge is 2.37. The third-order valence-corrected chi connectivity index (χ3v) is 4.48. The zero-order valence-electron chi connectivity index (χ0n) is 13.4. The molecule has 1 heterocycles. The van der Waals surface area contributed by atoms with Gasteiger partial charge in [-0.1, -0.05) is 48.9 Å². The van der Waals surface area contributed by atoms with Crippen LogP contribution < -0.4 is 9.64 Å². The molecule has 0 bridgehead atoms. The van der Waals surface area contributed by atoms with E-state index in [2.05, 4.69) is 0 Å². The van der Waals surface area contributed by atoms with Crippen LogP contribution in [-0.4, -0.2) is 18.4 Å². The smallest absolute Gasteiger partial charge is 0.316 e. The number of benzene rings is 2. The molecule has 1 aliphatic rings. The number of nitrogens with zero attached hydrogens (tertiary/aromatic N) is 1. The molecule has 0 N–H and O–H groups in total. The van der Waals surface area contributed by atoms with Crippen molar-refractivity contribution in [2.45, 2.75) is 19.8 Å². The van der Waals surface area contributed by atoms with Crippen LogP contribution in [0.2, 0.25) is 5.02 Å². The number of amides is 1. The van der Waals surface area contributed by atoms with Crippen LogP contribution >= 0.6 is 11.6 Å². The quantitative estimate of drug-likeness (QED) is 0.625. The van der Waals surface area contributed by atoms with Crippen molar-refractivity contribution in [1.29, 1.82) is 0 Å². The Morgan fingerprint density at radius 3 is 2.67 bits per heavy atom. The van der Waals surface area contributed by atoms with Gasteiger partial charge in [0.1, 0.15) is 5.75 Å². The minimum atomic E-state index is -0.487. The predicted molar refractivity (Wildman–Crippen MR) is 93.4 cm³/mol. The van der Waals surface area contributed by atoms with Gasteiger partial charge in [-0.25, -0.2) is 0 Å². The number of carbonyl (C=O) groups excluding carboxylic acids is 2. The summed E-state index contributed by atoms with van der Waals surface area (Å²) in [7, 11) is 0. The van der Waals surface area contributed by atoms with Gasteiger partial charge >= 0.3 is 5.97 Å². The van der Waals surface area contributed by atoms with Crippen molar-refractivity contribution < 1.29 is 14.3 Å². The van der Waals surface area contributed by atoms with Crippen molar-refractivity contribution in [2.75, 3.05) is 11.4 Å². The number of anilines is 1. The zero-order valence-corrected chi connectivity index (χ0v) is 14.1. The Labute approximate surface area is 146 Å². The standard InChI is InChI=1S/C19H18ClNO3/c1-2-13-7-3-5-9-16(13)21-12-14(11-18(21)22)19(23)24-17-10-6-4-8-15(17)20/h3-10,14H,2,11-12H2,1H3. The fourth-order valence-corrected chi connectivity index (χ4v) is 3.06. The molecule has 1 aliphatic heterocycles. The van der Waals surface area contributed by atoms with E-state index in [0.29, 0.717) is 17.3 Å². The van der Waals surface area contributed by atoms with Crippen molar-refractivity contribution in [2.24, 2.45) is 5.92 Å². The van der Waals surface area contributed by atoms with E-state index in [0.717, 1.165) is 17.7 Å². The normalized spacial score (nSPS) is 17.2. The summed E-state index contributed by atoms with van der Waals surface area (Å²) in [4.78, 5) is 26.4. The average molecular weight is 344 g/mol. The van der Waals surface area contributed by atoms with Crippen molar-refractivity contribution in [3.05, 3.63) is 59.1 Å². The molecule has 4 nitrogen and oxygen atoms in total. The largest absolute Gasteiger partial charge is 0.425 e. The number of aryl methyl sites for hydroxylation is 1. The average Bonchev–Trinajstić information content (AvgIpc) is 2.98. The van der Waals surface area contributed by atoms with Crippen LogP contribution in [0.25, 0.3) is 0 Å². The first-order valence-electron chi connectivity index (χ1n) is 7.94. The highest BCUT2D eigenvalue weighted by Crippen LogP contribution is 2.30. The van der Waals surface area contributed by atoms with E-state index in [1.54, 1.807) is 29.2 Å². The molecule has 1 amide bonds. The summed E-state index contributed by atoms with van der Waals surface area (Å²) in [5.41, 5.74) is 1.96. The molecule has 2 aromatic carbocycles. The van der Waals surface area contributed by atoms with Crippen molar-refractivity contribution >= 4 is 29.2 Å². The zero-order chi connectivity index (χ0) is 17.1. The molecular formula is C19H18ClNO3. The first kappa shape index (κ1) is 16.5. The lowest BCUT2D eigenvalue weighted by molar-refractivity contribution is -0.139. The van der Waals surface area contributed by atoms with E-state index in [1.165, 1.54) is 0 Å². The number of hydrogen-bond acceptors (Lipinski definition) is 3. The van der Waals surface area contributed by atoms with Crippen LogP contribution in [-0.2, 0) is 16.0 Å². The van der Waals surface area contributed by atoms with Gasteiger partial charge in [0.2, 0.25) is 5.91 Å². The van der Waals surface area contributed by atoms with Gasteiger partial charge in [-0.15, -0.1) is 0 Å². The van der Waals surface area contributed by atoms with E-state index >= 15 is 0 Å². The molecule has 3 rings (SSSR count). The van der Waals surface area contributed by atoms with E-state index < -0.39 is 11.9 Å². The summed E-state index contributed by atoms with van der Waals surface area (Å²) < 4.78 is 5.37. The summed E-state index contributed by atoms with van der Waals surface area (Å²) in [5, 5.41) is 0.378. The number of ether oxygens (including phenoxy) is 1. The molecule has 2 aromatic rings. The maximum absolute atomic E-state index is 12.4. The molecular weight excluding hydrogens is 326 g/mol. The van der Waals surface area contributed by atoms with Gasteiger partial charge in [0.05, 0.1) is 10.9 Å². The number of para-hydroxylation sites is 2. The molecule has 0 radical (unpaired) electrons. The van der Waals surface area contributed by atoms with Gasteiger partial charge in [0.25, 0.3) is 0 Å². The molecule has 1 saturated heterocycles. The predicted octanol–water partition coefficient (Wildman–Crippen LogP) is 3.86. The Morgan fingerprint density at radius 2 is 1.92 bits per heavy atom. The fourth-order valence-electron chi connectivity index (χ4n) is 2.89. The van der Waals surface area contributed by atoms with Crippen LogP contribution in [0, 0.1) is 5.92 Å². The maximum atomic E-state index is 12.4. The second kappa shape index (κ2) is 7.05. The highest BCUT2D eigenvalue weighted by molar-refractivity contribution is 6.32. The minimum Gasteiger partial charge on any atom is -0.425 e. The molecule has 124 valence electrons. The molecule has 1 unspecified atom stereocenters. The van der Waals surface area contributed by atoms with Gasteiger partial charge in [0.15, 0.2) is 0 Å². The molecule has 1 atom stereocenters. The Kier molecular flexibility index (Phi) is 4.86. The van der Waals surface area contributed by atoms with Crippen LogP contribution in [0.4, 0.5) is 5.69 Å². The molecule has 0 aliphatic carbocycles. The van der Waals surface area contributed by atoms with Crippen LogP contribution in [0.5, 0.6) is 5.75 Å². The van der Waals surface area contributed by atoms with Gasteiger partial charge < -0.3 is 9.64 Å². The van der Waals surface area contributed by atoms with Gasteiger partial charge in [0, 0.05) is 18.7 Å².